The number of hydrogen-bond acceptors (Lipinski definition) is 2. The smallest absolute Gasteiger partial charge is 0.148 e. The third kappa shape index (κ3) is 3.08. The highest BCUT2D eigenvalue weighted by Gasteiger charge is 2.23. The van der Waals surface area contributed by atoms with Gasteiger partial charge in [0.15, 0.2) is 0 Å². The second-order valence-electron chi connectivity index (χ2n) is 4.49. The van der Waals surface area contributed by atoms with Crippen molar-refractivity contribution in [2.24, 2.45) is 5.84 Å². The summed E-state index contributed by atoms with van der Waals surface area (Å²) >= 11 is 8.92. The summed E-state index contributed by atoms with van der Waals surface area (Å²) in [5.41, 5.74) is 2.67. The highest BCUT2D eigenvalue weighted by molar-refractivity contribution is 9.10. The molecule has 0 aromatic heterocycles. The number of halogens is 5. The molecule has 0 bridgehead atoms. The molecule has 0 fully saturated rings. The zero-order valence-electron chi connectivity index (χ0n) is 10.9. The third-order valence-electron chi connectivity index (χ3n) is 3.13. The van der Waals surface area contributed by atoms with Crippen LogP contribution in [0.2, 0.25) is 5.02 Å². The Hall–Kier alpha value is -1.08. The van der Waals surface area contributed by atoms with Gasteiger partial charge in [0.2, 0.25) is 0 Å². The van der Waals surface area contributed by atoms with Crippen LogP contribution in [0.1, 0.15) is 22.7 Å². The van der Waals surface area contributed by atoms with E-state index in [2.05, 4.69) is 21.4 Å². The molecule has 7 heteroatoms. The first-order valence-electron chi connectivity index (χ1n) is 5.91. The number of nitrogens with two attached hydrogens (primary N) is 1. The number of rotatable bonds is 3. The molecule has 112 valence electrons. The van der Waals surface area contributed by atoms with Crippen molar-refractivity contribution in [3.05, 3.63) is 67.9 Å². The second kappa shape index (κ2) is 6.36. The average molecular weight is 380 g/mol. The van der Waals surface area contributed by atoms with Crippen molar-refractivity contribution in [1.29, 1.82) is 0 Å². The summed E-state index contributed by atoms with van der Waals surface area (Å²) in [5.74, 6) is 3.19. The molecule has 2 aromatic carbocycles. The minimum atomic E-state index is -0.991. The molecule has 2 nitrogen and oxygen atoms in total. The molecule has 0 spiro atoms. The van der Waals surface area contributed by atoms with Crippen LogP contribution in [0.5, 0.6) is 0 Å². The SMILES string of the molecule is Cc1cc(C(NN)c2ccc(Br)c(Cl)c2F)c(F)cc1F. The van der Waals surface area contributed by atoms with Crippen molar-refractivity contribution in [3.63, 3.8) is 0 Å². The van der Waals surface area contributed by atoms with Crippen molar-refractivity contribution < 1.29 is 13.2 Å². The Bertz CT molecular complexity index is 692. The summed E-state index contributed by atoms with van der Waals surface area (Å²) in [5, 5.41) is -0.132. The van der Waals surface area contributed by atoms with E-state index in [4.69, 9.17) is 17.4 Å². The maximum absolute atomic E-state index is 14.2. The fraction of sp³-hybridized carbons (Fsp3) is 0.143. The molecule has 0 aliphatic heterocycles. The lowest BCUT2D eigenvalue weighted by atomic mass is 9.96. The molecule has 1 atom stereocenters. The van der Waals surface area contributed by atoms with Crippen molar-refractivity contribution >= 4 is 27.5 Å². The average Bonchev–Trinajstić information content (AvgIpc) is 2.44. The topological polar surface area (TPSA) is 38.0 Å². The van der Waals surface area contributed by atoms with E-state index in [-0.39, 0.29) is 21.7 Å². The molecule has 1 unspecified atom stereocenters. The second-order valence-corrected chi connectivity index (χ2v) is 5.72. The fourth-order valence-corrected chi connectivity index (χ4v) is 2.49. The lowest BCUT2D eigenvalue weighted by molar-refractivity contribution is 0.520. The van der Waals surface area contributed by atoms with Crippen LogP contribution < -0.4 is 11.3 Å². The third-order valence-corrected chi connectivity index (χ3v) is 4.39. The Morgan fingerprint density at radius 2 is 1.81 bits per heavy atom. The maximum Gasteiger partial charge on any atom is 0.148 e. The van der Waals surface area contributed by atoms with Crippen molar-refractivity contribution in [2.45, 2.75) is 13.0 Å². The zero-order valence-corrected chi connectivity index (χ0v) is 13.2. The molecule has 0 aliphatic rings. The summed E-state index contributed by atoms with van der Waals surface area (Å²) in [6, 6.07) is 3.99. The monoisotopic (exact) mass is 378 g/mol. The minimum Gasteiger partial charge on any atom is -0.271 e. The van der Waals surface area contributed by atoms with Crippen LogP contribution >= 0.6 is 27.5 Å². The van der Waals surface area contributed by atoms with Crippen LogP contribution in [-0.4, -0.2) is 0 Å². The first kappa shape index (κ1) is 16.3. The van der Waals surface area contributed by atoms with Crippen molar-refractivity contribution in [1.82, 2.24) is 5.43 Å². The van der Waals surface area contributed by atoms with Gasteiger partial charge in [-0.3, -0.25) is 5.84 Å². The first-order valence-corrected chi connectivity index (χ1v) is 7.09. The van der Waals surface area contributed by atoms with Crippen LogP contribution in [0, 0.1) is 24.4 Å². The highest BCUT2D eigenvalue weighted by atomic mass is 79.9. The molecular formula is C14H11BrClF3N2. The molecule has 21 heavy (non-hydrogen) atoms. The molecule has 0 heterocycles. The Morgan fingerprint density at radius 1 is 1.14 bits per heavy atom. The normalized spacial score (nSPS) is 12.5. The van der Waals surface area contributed by atoms with Crippen molar-refractivity contribution in [2.75, 3.05) is 0 Å². The number of benzene rings is 2. The van der Waals surface area contributed by atoms with Gasteiger partial charge in [0.25, 0.3) is 0 Å². The van der Waals surface area contributed by atoms with E-state index in [9.17, 15) is 13.2 Å². The van der Waals surface area contributed by atoms with Crippen LogP contribution in [0.25, 0.3) is 0 Å². The molecule has 0 aliphatic carbocycles. The Labute approximate surface area is 133 Å². The van der Waals surface area contributed by atoms with Gasteiger partial charge in [-0.05, 0) is 40.5 Å². The van der Waals surface area contributed by atoms with E-state index in [1.54, 1.807) is 0 Å². The summed E-state index contributed by atoms with van der Waals surface area (Å²) in [6.07, 6.45) is 0. The predicted molar refractivity (Wildman–Crippen MR) is 79.4 cm³/mol. The van der Waals surface area contributed by atoms with Crippen molar-refractivity contribution in [3.8, 4) is 0 Å². The van der Waals surface area contributed by atoms with E-state index < -0.39 is 23.5 Å². The van der Waals surface area contributed by atoms with Crippen LogP contribution in [0.15, 0.2) is 28.7 Å². The zero-order chi connectivity index (χ0) is 15.7. The molecule has 2 rings (SSSR count). The number of nitrogens with one attached hydrogen (secondary N) is 1. The molecule has 0 saturated heterocycles. The Morgan fingerprint density at radius 3 is 2.43 bits per heavy atom. The summed E-state index contributed by atoms with van der Waals surface area (Å²) in [7, 11) is 0. The quantitative estimate of drug-likeness (QED) is 0.472. The largest absolute Gasteiger partial charge is 0.271 e. The summed E-state index contributed by atoms with van der Waals surface area (Å²) in [4.78, 5) is 0. The maximum atomic E-state index is 14.2. The van der Waals surface area contributed by atoms with Gasteiger partial charge in [-0.2, -0.15) is 0 Å². The summed E-state index contributed by atoms with van der Waals surface area (Å²) in [6.45, 7) is 1.48. The van der Waals surface area contributed by atoms with Gasteiger partial charge in [0.05, 0.1) is 11.1 Å². The lowest BCUT2D eigenvalue weighted by Gasteiger charge is -2.20. The lowest BCUT2D eigenvalue weighted by Crippen LogP contribution is -2.30. The van der Waals surface area contributed by atoms with Gasteiger partial charge in [-0.1, -0.05) is 17.7 Å². The molecule has 0 saturated carbocycles. The number of hydrogen-bond donors (Lipinski definition) is 2. The van der Waals surface area contributed by atoms with Crippen LogP contribution in [0.4, 0.5) is 13.2 Å². The molecular weight excluding hydrogens is 369 g/mol. The van der Waals surface area contributed by atoms with Gasteiger partial charge < -0.3 is 0 Å². The van der Waals surface area contributed by atoms with Gasteiger partial charge in [-0.25, -0.2) is 18.6 Å². The minimum absolute atomic E-state index is 0.0358. The van der Waals surface area contributed by atoms with E-state index in [0.717, 1.165) is 6.07 Å². The van der Waals surface area contributed by atoms with Gasteiger partial charge in [0.1, 0.15) is 17.5 Å². The fourth-order valence-electron chi connectivity index (χ4n) is 2.01. The van der Waals surface area contributed by atoms with Crippen LogP contribution in [-0.2, 0) is 0 Å². The van der Waals surface area contributed by atoms with Crippen LogP contribution in [0.3, 0.4) is 0 Å². The van der Waals surface area contributed by atoms with Gasteiger partial charge in [0, 0.05) is 21.7 Å². The van der Waals surface area contributed by atoms with Gasteiger partial charge >= 0.3 is 0 Å². The highest BCUT2D eigenvalue weighted by Crippen LogP contribution is 2.33. The summed E-state index contributed by atoms with van der Waals surface area (Å²) < 4.78 is 41.9. The number of hydrazine groups is 1. The number of aryl methyl sites for hydroxylation is 1. The molecule has 2 aromatic rings. The van der Waals surface area contributed by atoms with Gasteiger partial charge in [-0.15, -0.1) is 0 Å². The molecule has 0 radical (unpaired) electrons. The predicted octanol–water partition coefficient (Wildman–Crippen LogP) is 4.38. The first-order chi connectivity index (χ1) is 9.86. The standard InChI is InChI=1S/C14H11BrClF3N2/c1-6-4-8(11(18)5-10(6)17)14(21-20)7-2-3-9(15)12(16)13(7)19/h2-5,14,21H,20H2,1H3. The Kier molecular flexibility index (Phi) is 4.93. The van der Waals surface area contributed by atoms with E-state index in [1.165, 1.54) is 25.1 Å². The van der Waals surface area contributed by atoms with E-state index in [1.807, 2.05) is 0 Å². The Balaban J connectivity index is 2.60. The van der Waals surface area contributed by atoms with E-state index >= 15 is 0 Å². The molecule has 0 amide bonds. The van der Waals surface area contributed by atoms with E-state index in [0.29, 0.717) is 4.47 Å². The molecule has 3 N–H and O–H groups in total.